The minimum absolute atomic E-state index is 0.171. The molecule has 0 amide bonds. The van der Waals surface area contributed by atoms with Gasteiger partial charge in [-0.3, -0.25) is 0 Å². The molecule has 10 nitrogen and oxygen atoms in total. The van der Waals surface area contributed by atoms with Gasteiger partial charge >= 0.3 is 5.97 Å². The molecule has 1 aromatic carbocycles. The second kappa shape index (κ2) is 15.5. The second-order valence-electron chi connectivity index (χ2n) is 16.3. The maximum atomic E-state index is 13.6. The molecule has 1 atom stereocenters. The van der Waals surface area contributed by atoms with Gasteiger partial charge in [-0.15, -0.1) is 17.9 Å². The molecule has 0 unspecified atom stereocenters. The molecule has 1 fully saturated rings. The Morgan fingerprint density at radius 1 is 1.15 bits per heavy atom. The normalized spacial score (nSPS) is 15.9. The summed E-state index contributed by atoms with van der Waals surface area (Å²) in [6, 6.07) is 10.5. The van der Waals surface area contributed by atoms with Gasteiger partial charge in [0.15, 0.2) is 20.1 Å². The number of benzene rings is 1. The van der Waals surface area contributed by atoms with Gasteiger partial charge in [0.25, 0.3) is 0 Å². The number of carbonyl (C=O) groups is 1. The lowest BCUT2D eigenvalue weighted by atomic mass is 9.92. The van der Waals surface area contributed by atoms with E-state index in [1.54, 1.807) is 24.3 Å². The van der Waals surface area contributed by atoms with E-state index >= 15 is 0 Å². The summed E-state index contributed by atoms with van der Waals surface area (Å²) in [6.07, 6.45) is 5.85. The fourth-order valence-electron chi connectivity index (χ4n) is 6.51. The number of fused-ring (bicyclic) bond motifs is 1. The van der Waals surface area contributed by atoms with Crippen LogP contribution in [0.5, 0.6) is 0 Å². The van der Waals surface area contributed by atoms with Crippen molar-refractivity contribution in [3.05, 3.63) is 76.4 Å². The van der Waals surface area contributed by atoms with E-state index < -0.39 is 26.0 Å². The molecule has 0 bridgehead atoms. The molecule has 1 aliphatic rings. The number of hydrogen-bond acceptors (Lipinski definition) is 10. The number of carbonyl (C=O) groups excluding carboxylic acids is 1. The first-order valence-electron chi connectivity index (χ1n) is 18.3. The summed E-state index contributed by atoms with van der Waals surface area (Å²) in [4.78, 5) is 37.8. The van der Waals surface area contributed by atoms with Gasteiger partial charge in [-0.05, 0) is 90.1 Å². The molecule has 1 saturated heterocycles. The van der Waals surface area contributed by atoms with E-state index in [1.165, 1.54) is 11.1 Å². The number of ether oxygens (including phenoxy) is 3. The van der Waals surface area contributed by atoms with Gasteiger partial charge < -0.3 is 23.9 Å². The number of aromatic nitrogens is 4. The minimum atomic E-state index is -2.38. The molecule has 1 N–H and O–H groups in total. The summed E-state index contributed by atoms with van der Waals surface area (Å²) in [5, 5.41) is 5.75. The van der Waals surface area contributed by atoms with Crippen LogP contribution >= 0.6 is 11.3 Å². The predicted octanol–water partition coefficient (Wildman–Crippen LogP) is 8.25. The van der Waals surface area contributed by atoms with Crippen LogP contribution in [0, 0.1) is 6.92 Å². The van der Waals surface area contributed by atoms with E-state index in [0.717, 1.165) is 41.4 Å². The van der Waals surface area contributed by atoms with Crippen LogP contribution in [0.4, 0.5) is 5.82 Å². The number of anilines is 1. The topological polar surface area (TPSA) is 111 Å². The van der Waals surface area contributed by atoms with Crippen molar-refractivity contribution in [2.24, 2.45) is 0 Å². The highest BCUT2D eigenvalue weighted by Gasteiger charge is 2.40. The highest BCUT2D eigenvalue weighted by atomic mass is 32.1. The molecular weight excluding hydrogens is 691 g/mol. The maximum Gasteiger partial charge on any atom is 0.340 e. The average Bonchev–Trinajstić information content (AvgIpc) is 3.70. The molecule has 282 valence electrons. The largest absolute Gasteiger partial charge is 0.464 e. The SMILES string of the molecule is C=CCOC1(C)CCN(c2c([C@H](OC(C)(C)C)C(=O)OCC)c(C)nc3cc(-c4ncc(Cc5ccccc5CC(C)(C)[Si](C)(C)O)s4)nn23)CC1. The third kappa shape index (κ3) is 9.02. The van der Waals surface area contributed by atoms with E-state index in [0.29, 0.717) is 42.3 Å². The third-order valence-electron chi connectivity index (χ3n) is 10.3. The van der Waals surface area contributed by atoms with E-state index in [4.69, 9.17) is 29.3 Å². The molecule has 4 aromatic rings. The van der Waals surface area contributed by atoms with Crippen LogP contribution in [0.1, 0.15) is 94.7 Å². The van der Waals surface area contributed by atoms with Crippen LogP contribution in [0.25, 0.3) is 16.3 Å². The molecule has 5 rings (SSSR count). The average molecular weight is 748 g/mol. The summed E-state index contributed by atoms with van der Waals surface area (Å²) >= 11 is 1.62. The van der Waals surface area contributed by atoms with Gasteiger partial charge in [0.1, 0.15) is 16.5 Å². The minimum Gasteiger partial charge on any atom is -0.464 e. The standard InChI is InChI=1S/C40H57N5O5SSi/c1-12-22-49-40(9)18-20-44(21-19-40)36-33(34(37(46)48-13-2)50-38(4,5)6)27(3)42-32-24-31(43-45(32)36)35-41-26-30(51-35)23-28-16-14-15-17-29(28)25-39(7,8)52(10,11)47/h12,14-17,24,26,34,47H,1,13,18-23,25H2,2-11H3/t34-/m0/s1. The summed E-state index contributed by atoms with van der Waals surface area (Å²) in [5.74, 6) is 0.315. The summed E-state index contributed by atoms with van der Waals surface area (Å²) in [7, 11) is -2.38. The van der Waals surface area contributed by atoms with Gasteiger partial charge in [-0.2, -0.15) is 9.61 Å². The monoisotopic (exact) mass is 747 g/mol. The van der Waals surface area contributed by atoms with Crippen molar-refractivity contribution in [2.75, 3.05) is 31.2 Å². The van der Waals surface area contributed by atoms with Crippen molar-refractivity contribution in [3.8, 4) is 10.7 Å². The Balaban J connectivity index is 1.55. The molecule has 4 heterocycles. The molecule has 0 radical (unpaired) electrons. The fraction of sp³-hybridized carbons (Fsp3) is 0.550. The van der Waals surface area contributed by atoms with Crippen molar-refractivity contribution in [3.63, 3.8) is 0 Å². The van der Waals surface area contributed by atoms with Crippen LogP contribution in [0.2, 0.25) is 18.1 Å². The predicted molar refractivity (Wildman–Crippen MR) is 212 cm³/mol. The Hall–Kier alpha value is -3.42. The zero-order valence-electron chi connectivity index (χ0n) is 32.7. The quantitative estimate of drug-likeness (QED) is 0.0775. The number of piperidine rings is 1. The lowest BCUT2D eigenvalue weighted by molar-refractivity contribution is -0.166. The Morgan fingerprint density at radius 2 is 1.83 bits per heavy atom. The summed E-state index contributed by atoms with van der Waals surface area (Å²) in [5.41, 5.74) is 4.29. The van der Waals surface area contributed by atoms with Crippen molar-refractivity contribution in [2.45, 2.75) is 117 Å². The second-order valence-corrected chi connectivity index (χ2v) is 21.9. The number of rotatable bonds is 14. The van der Waals surface area contributed by atoms with Crippen molar-refractivity contribution in [1.82, 2.24) is 19.6 Å². The molecule has 12 heteroatoms. The van der Waals surface area contributed by atoms with Gasteiger partial charge in [0, 0.05) is 42.3 Å². The van der Waals surface area contributed by atoms with Crippen LogP contribution in [-0.2, 0) is 31.8 Å². The van der Waals surface area contributed by atoms with Crippen molar-refractivity contribution >= 4 is 37.1 Å². The Labute approximate surface area is 314 Å². The van der Waals surface area contributed by atoms with Crippen LogP contribution in [-0.4, -0.2) is 76.2 Å². The number of aryl methyl sites for hydroxylation is 1. The highest BCUT2D eigenvalue weighted by molar-refractivity contribution is 7.15. The lowest BCUT2D eigenvalue weighted by Crippen LogP contribution is -2.45. The Bertz CT molecular complexity index is 1880. The first-order valence-corrected chi connectivity index (χ1v) is 22.1. The van der Waals surface area contributed by atoms with E-state index in [1.807, 2.05) is 57.6 Å². The zero-order chi connectivity index (χ0) is 38.1. The first kappa shape index (κ1) is 39.8. The van der Waals surface area contributed by atoms with Crippen molar-refractivity contribution < 1.29 is 23.8 Å². The van der Waals surface area contributed by atoms with E-state index in [-0.39, 0.29) is 17.2 Å². The van der Waals surface area contributed by atoms with Gasteiger partial charge in [-0.1, -0.05) is 44.2 Å². The number of esters is 1. The summed E-state index contributed by atoms with van der Waals surface area (Å²) in [6.45, 7) is 26.0. The van der Waals surface area contributed by atoms with Gasteiger partial charge in [-0.25, -0.2) is 14.8 Å². The fourth-order valence-corrected chi connectivity index (χ4v) is 8.03. The molecule has 0 spiro atoms. The molecule has 0 aliphatic carbocycles. The molecular formula is C40H57N5O5SSi. The zero-order valence-corrected chi connectivity index (χ0v) is 34.5. The van der Waals surface area contributed by atoms with Gasteiger partial charge in [0.2, 0.25) is 0 Å². The van der Waals surface area contributed by atoms with Crippen LogP contribution in [0.15, 0.2) is 49.2 Å². The van der Waals surface area contributed by atoms with Crippen molar-refractivity contribution in [1.29, 1.82) is 0 Å². The Kier molecular flexibility index (Phi) is 11.9. The van der Waals surface area contributed by atoms with Gasteiger partial charge in [0.05, 0.1) is 30.0 Å². The third-order valence-corrected chi connectivity index (χ3v) is 14.8. The van der Waals surface area contributed by atoms with E-state index in [9.17, 15) is 9.59 Å². The molecule has 0 saturated carbocycles. The number of nitrogens with zero attached hydrogens (tertiary/aromatic N) is 5. The highest BCUT2D eigenvalue weighted by Crippen LogP contribution is 2.41. The number of hydrogen-bond donors (Lipinski definition) is 1. The van der Waals surface area contributed by atoms with Crippen LogP contribution < -0.4 is 4.90 Å². The first-order chi connectivity index (χ1) is 24.3. The summed E-state index contributed by atoms with van der Waals surface area (Å²) < 4.78 is 20.1. The molecule has 3 aromatic heterocycles. The van der Waals surface area contributed by atoms with E-state index in [2.05, 4.69) is 56.5 Å². The molecule has 52 heavy (non-hydrogen) atoms. The lowest BCUT2D eigenvalue weighted by Gasteiger charge is -2.41. The maximum absolute atomic E-state index is 13.6. The smallest absolute Gasteiger partial charge is 0.340 e. The molecule has 1 aliphatic heterocycles. The van der Waals surface area contributed by atoms with Crippen LogP contribution in [0.3, 0.4) is 0 Å². The Morgan fingerprint density at radius 3 is 2.44 bits per heavy atom. The number of thiazole rings is 1.